The van der Waals surface area contributed by atoms with Gasteiger partial charge >= 0.3 is 6.18 Å². The molecule has 0 aromatic heterocycles. The Hall–Kier alpha value is 0. The van der Waals surface area contributed by atoms with Gasteiger partial charge in [0, 0.05) is 25.0 Å². The molecule has 0 bridgehead atoms. The first-order valence-corrected chi connectivity index (χ1v) is 6.51. The summed E-state index contributed by atoms with van der Waals surface area (Å²) in [6.45, 7) is 0.217. The molecule has 0 saturated heterocycles. The summed E-state index contributed by atoms with van der Waals surface area (Å²) < 4.78 is 40.2. The van der Waals surface area contributed by atoms with Gasteiger partial charge in [-0.2, -0.15) is 13.2 Å². The molecule has 17 heavy (non-hydrogen) atoms. The van der Waals surface area contributed by atoms with Crippen molar-refractivity contribution in [3.63, 3.8) is 0 Å². The van der Waals surface area contributed by atoms with Gasteiger partial charge in [-0.25, -0.2) is 0 Å². The summed E-state index contributed by atoms with van der Waals surface area (Å²) in [7, 11) is 0. The van der Waals surface area contributed by atoms with Gasteiger partial charge in [-0.05, 0) is 12.8 Å². The third-order valence-corrected chi connectivity index (χ3v) is 3.17. The van der Waals surface area contributed by atoms with E-state index in [-0.39, 0.29) is 6.61 Å². The van der Waals surface area contributed by atoms with Crippen molar-refractivity contribution in [2.24, 2.45) is 0 Å². The zero-order valence-electron chi connectivity index (χ0n) is 9.81. The average Bonchev–Trinajstić information content (AvgIpc) is 2.74. The quantitative estimate of drug-likeness (QED) is 0.522. The summed E-state index contributed by atoms with van der Waals surface area (Å²) in [6, 6.07) is 0.475. The summed E-state index contributed by atoms with van der Waals surface area (Å²) in [6.07, 6.45) is 0.413. The van der Waals surface area contributed by atoms with E-state index in [9.17, 15) is 13.2 Å². The van der Waals surface area contributed by atoms with Crippen LogP contribution in [0.5, 0.6) is 0 Å². The molecule has 0 radical (unpaired) electrons. The Morgan fingerprint density at radius 2 is 1.82 bits per heavy atom. The molecule has 1 fully saturated rings. The van der Waals surface area contributed by atoms with Crippen molar-refractivity contribution >= 4 is 11.6 Å². The highest BCUT2D eigenvalue weighted by Gasteiger charge is 2.28. The van der Waals surface area contributed by atoms with Crippen LogP contribution in [-0.2, 0) is 4.74 Å². The molecule has 102 valence electrons. The van der Waals surface area contributed by atoms with Crippen molar-refractivity contribution in [3.8, 4) is 0 Å². The Morgan fingerprint density at radius 1 is 1.18 bits per heavy atom. The molecule has 0 spiro atoms. The number of hydrogen-bond acceptors (Lipinski definition) is 2. The van der Waals surface area contributed by atoms with Crippen LogP contribution in [0.3, 0.4) is 0 Å². The van der Waals surface area contributed by atoms with E-state index < -0.39 is 12.8 Å². The summed E-state index contributed by atoms with van der Waals surface area (Å²) in [5.74, 6) is 0.510. The van der Waals surface area contributed by atoms with Gasteiger partial charge in [0.25, 0.3) is 0 Å². The highest BCUT2D eigenvalue weighted by Crippen LogP contribution is 2.23. The van der Waals surface area contributed by atoms with Crippen molar-refractivity contribution in [3.05, 3.63) is 0 Å². The number of rotatable bonds is 7. The van der Waals surface area contributed by atoms with Gasteiger partial charge in [0.05, 0.1) is 6.61 Å². The minimum absolute atomic E-state index is 0.118. The maximum Gasteiger partial charge on any atom is 0.411 e. The fourth-order valence-electron chi connectivity index (χ4n) is 2.22. The van der Waals surface area contributed by atoms with Crippen LogP contribution in [0.2, 0.25) is 0 Å². The minimum Gasteiger partial charge on any atom is -0.371 e. The van der Waals surface area contributed by atoms with Crippen molar-refractivity contribution in [2.45, 2.75) is 37.9 Å². The summed E-state index contributed by atoms with van der Waals surface area (Å²) in [4.78, 5) is 2.15. The van der Waals surface area contributed by atoms with Crippen molar-refractivity contribution < 1.29 is 17.9 Å². The fraction of sp³-hybridized carbons (Fsp3) is 1.00. The molecular weight excluding hydrogens is 255 g/mol. The first-order chi connectivity index (χ1) is 8.03. The molecule has 1 aliphatic rings. The third-order valence-electron chi connectivity index (χ3n) is 3.00. The molecule has 0 heterocycles. The third kappa shape index (κ3) is 6.48. The van der Waals surface area contributed by atoms with E-state index in [1.807, 2.05) is 0 Å². The van der Waals surface area contributed by atoms with Gasteiger partial charge in [-0.3, -0.25) is 4.90 Å². The summed E-state index contributed by atoms with van der Waals surface area (Å²) in [5, 5.41) is 0. The molecular formula is C11H19ClF3NO. The molecule has 0 aliphatic heterocycles. The molecule has 0 unspecified atom stereocenters. The molecule has 6 heteroatoms. The van der Waals surface area contributed by atoms with Crippen molar-refractivity contribution in [2.75, 3.05) is 32.2 Å². The zero-order chi connectivity index (χ0) is 12.7. The Labute approximate surface area is 105 Å². The molecule has 0 aromatic carbocycles. The molecule has 2 nitrogen and oxygen atoms in total. The van der Waals surface area contributed by atoms with E-state index in [1.165, 1.54) is 12.8 Å². The predicted molar refractivity (Wildman–Crippen MR) is 61.4 cm³/mol. The van der Waals surface area contributed by atoms with Crippen LogP contribution in [0.25, 0.3) is 0 Å². The fourth-order valence-corrected chi connectivity index (χ4v) is 2.44. The predicted octanol–water partition coefficient (Wildman–Crippen LogP) is 3.05. The standard InChI is InChI=1S/C11H19ClF3NO/c12-5-6-16(10-3-1-2-4-10)7-8-17-9-11(13,14)15/h10H,1-9H2. The topological polar surface area (TPSA) is 12.5 Å². The smallest absolute Gasteiger partial charge is 0.371 e. The molecule has 0 atom stereocenters. The van der Waals surface area contributed by atoms with E-state index in [0.29, 0.717) is 18.5 Å². The van der Waals surface area contributed by atoms with Crippen LogP contribution in [0.1, 0.15) is 25.7 Å². The first-order valence-electron chi connectivity index (χ1n) is 5.97. The Balaban J connectivity index is 2.20. The second-order valence-electron chi connectivity index (χ2n) is 4.33. The molecule has 1 saturated carbocycles. The van der Waals surface area contributed by atoms with Gasteiger partial charge in [0.1, 0.15) is 6.61 Å². The Morgan fingerprint density at radius 3 is 2.35 bits per heavy atom. The molecule has 1 rings (SSSR count). The molecule has 1 aliphatic carbocycles. The highest BCUT2D eigenvalue weighted by molar-refractivity contribution is 6.18. The van der Waals surface area contributed by atoms with Crippen LogP contribution in [0, 0.1) is 0 Å². The van der Waals surface area contributed by atoms with Crippen LogP contribution < -0.4 is 0 Å². The molecule has 0 amide bonds. The van der Waals surface area contributed by atoms with Gasteiger partial charge in [-0.1, -0.05) is 12.8 Å². The lowest BCUT2D eigenvalue weighted by Crippen LogP contribution is -2.38. The van der Waals surface area contributed by atoms with Gasteiger partial charge < -0.3 is 4.74 Å². The van der Waals surface area contributed by atoms with Gasteiger partial charge in [-0.15, -0.1) is 11.6 Å². The van der Waals surface area contributed by atoms with E-state index >= 15 is 0 Å². The van der Waals surface area contributed by atoms with Crippen molar-refractivity contribution in [1.29, 1.82) is 0 Å². The maximum absolute atomic E-state index is 11.9. The normalized spacial score (nSPS) is 18.2. The summed E-state index contributed by atoms with van der Waals surface area (Å²) >= 11 is 5.70. The minimum atomic E-state index is -4.23. The van der Waals surface area contributed by atoms with Crippen LogP contribution >= 0.6 is 11.6 Å². The maximum atomic E-state index is 11.9. The van der Waals surface area contributed by atoms with Crippen molar-refractivity contribution in [1.82, 2.24) is 4.90 Å². The lowest BCUT2D eigenvalue weighted by molar-refractivity contribution is -0.174. The summed E-state index contributed by atoms with van der Waals surface area (Å²) in [5.41, 5.74) is 0. The zero-order valence-corrected chi connectivity index (χ0v) is 10.6. The van der Waals surface area contributed by atoms with Gasteiger partial charge in [0.15, 0.2) is 0 Å². The van der Waals surface area contributed by atoms with Crippen LogP contribution in [0.4, 0.5) is 13.2 Å². The second-order valence-corrected chi connectivity index (χ2v) is 4.71. The lowest BCUT2D eigenvalue weighted by atomic mass is 10.2. The molecule has 0 aromatic rings. The van der Waals surface area contributed by atoms with E-state index in [0.717, 1.165) is 19.4 Å². The number of alkyl halides is 4. The Kier molecular flexibility index (Phi) is 6.59. The number of ether oxygens (including phenoxy) is 1. The SMILES string of the molecule is FC(F)(F)COCCN(CCCl)C1CCCC1. The lowest BCUT2D eigenvalue weighted by Gasteiger charge is -2.27. The number of hydrogen-bond donors (Lipinski definition) is 0. The second kappa shape index (κ2) is 7.44. The highest BCUT2D eigenvalue weighted by atomic mass is 35.5. The first kappa shape index (κ1) is 15.1. The monoisotopic (exact) mass is 273 g/mol. The van der Waals surface area contributed by atoms with Gasteiger partial charge in [0.2, 0.25) is 0 Å². The van der Waals surface area contributed by atoms with Crippen LogP contribution in [0.15, 0.2) is 0 Å². The van der Waals surface area contributed by atoms with E-state index in [4.69, 9.17) is 11.6 Å². The number of nitrogens with zero attached hydrogens (tertiary/aromatic N) is 1. The average molecular weight is 274 g/mol. The number of halogens is 4. The van der Waals surface area contributed by atoms with E-state index in [2.05, 4.69) is 9.64 Å². The largest absolute Gasteiger partial charge is 0.411 e. The Bertz CT molecular complexity index is 207. The molecule has 0 N–H and O–H groups in total. The van der Waals surface area contributed by atoms with E-state index in [1.54, 1.807) is 0 Å². The van der Waals surface area contributed by atoms with Crippen LogP contribution in [-0.4, -0.2) is 49.3 Å².